The molecule has 0 unspecified atom stereocenters. The first-order valence-corrected chi connectivity index (χ1v) is 8.41. The first-order chi connectivity index (χ1) is 9.79. The van der Waals surface area contributed by atoms with Gasteiger partial charge in [-0.1, -0.05) is 6.42 Å². The Bertz CT molecular complexity index is 319. The molecule has 2 rings (SSSR count). The van der Waals surface area contributed by atoms with E-state index in [0.29, 0.717) is 5.41 Å². The smallest absolute Gasteiger partial charge is 0.193 e. The monoisotopic (exact) mass is 409 g/mol. The van der Waals surface area contributed by atoms with Crippen LogP contribution in [0.3, 0.4) is 0 Å². The lowest BCUT2D eigenvalue weighted by atomic mass is 9.68. The van der Waals surface area contributed by atoms with Gasteiger partial charge in [-0.25, -0.2) is 0 Å². The van der Waals surface area contributed by atoms with Gasteiger partial charge in [-0.05, 0) is 51.4 Å². The molecule has 1 heterocycles. The van der Waals surface area contributed by atoms with Crippen LogP contribution in [-0.2, 0) is 4.74 Å². The van der Waals surface area contributed by atoms with Gasteiger partial charge in [-0.15, -0.1) is 24.0 Å². The lowest BCUT2D eigenvalue weighted by molar-refractivity contribution is 0.144. The number of halogens is 1. The van der Waals surface area contributed by atoms with Crippen molar-refractivity contribution in [1.82, 2.24) is 10.2 Å². The van der Waals surface area contributed by atoms with Crippen molar-refractivity contribution in [3.05, 3.63) is 0 Å². The first kappa shape index (κ1) is 19.0. The van der Waals surface area contributed by atoms with Crippen LogP contribution in [0.1, 0.15) is 52.4 Å². The van der Waals surface area contributed by atoms with E-state index in [1.807, 2.05) is 6.92 Å². The number of guanidine groups is 1. The fourth-order valence-corrected chi connectivity index (χ4v) is 3.27. The molecule has 0 amide bonds. The summed E-state index contributed by atoms with van der Waals surface area (Å²) >= 11 is 0. The molecule has 124 valence electrons. The molecule has 0 atom stereocenters. The summed E-state index contributed by atoms with van der Waals surface area (Å²) in [7, 11) is 0. The second kappa shape index (κ2) is 9.87. The highest BCUT2D eigenvalue weighted by molar-refractivity contribution is 14.0. The summed E-state index contributed by atoms with van der Waals surface area (Å²) in [5, 5.41) is 3.46. The van der Waals surface area contributed by atoms with Crippen LogP contribution in [0, 0.1) is 5.41 Å². The van der Waals surface area contributed by atoms with Crippen molar-refractivity contribution in [2.24, 2.45) is 10.4 Å². The molecule has 1 spiro atoms. The Morgan fingerprint density at radius 3 is 2.62 bits per heavy atom. The molecule has 2 fully saturated rings. The Morgan fingerprint density at radius 1 is 1.24 bits per heavy atom. The molecule has 0 aromatic heterocycles. The molecule has 21 heavy (non-hydrogen) atoms. The van der Waals surface area contributed by atoms with Gasteiger partial charge < -0.3 is 15.0 Å². The highest BCUT2D eigenvalue weighted by Crippen LogP contribution is 2.47. The van der Waals surface area contributed by atoms with Crippen molar-refractivity contribution in [3.63, 3.8) is 0 Å². The maximum absolute atomic E-state index is 5.36. The summed E-state index contributed by atoms with van der Waals surface area (Å²) < 4.78 is 5.36. The predicted octanol–water partition coefficient (Wildman–Crippen LogP) is 3.26. The van der Waals surface area contributed by atoms with E-state index in [1.165, 1.54) is 38.8 Å². The zero-order chi connectivity index (χ0) is 14.3. The second-order valence-electron chi connectivity index (χ2n) is 6.16. The molecule has 0 radical (unpaired) electrons. The van der Waals surface area contributed by atoms with Gasteiger partial charge in [0, 0.05) is 39.4 Å². The summed E-state index contributed by atoms with van der Waals surface area (Å²) in [6.07, 6.45) is 7.88. The molecular weight excluding hydrogens is 377 g/mol. The Morgan fingerprint density at radius 2 is 2.05 bits per heavy atom. The highest BCUT2D eigenvalue weighted by Gasteiger charge is 2.43. The van der Waals surface area contributed by atoms with Crippen LogP contribution < -0.4 is 5.32 Å². The van der Waals surface area contributed by atoms with Crippen LogP contribution in [0.25, 0.3) is 0 Å². The van der Waals surface area contributed by atoms with Crippen LogP contribution in [0.2, 0.25) is 0 Å². The van der Waals surface area contributed by atoms with Gasteiger partial charge in [0.25, 0.3) is 0 Å². The molecule has 2 aliphatic rings. The Kier molecular flexibility index (Phi) is 8.94. The summed E-state index contributed by atoms with van der Waals surface area (Å²) in [6.45, 7) is 10.2. The quantitative estimate of drug-likeness (QED) is 0.304. The average Bonchev–Trinajstić information content (AvgIpc) is 2.87. The molecule has 1 aliphatic carbocycles. The Balaban J connectivity index is 0.00000220. The van der Waals surface area contributed by atoms with Crippen molar-refractivity contribution in [2.45, 2.75) is 52.4 Å². The topological polar surface area (TPSA) is 36.9 Å². The molecular formula is C16H32IN3O. The molecule has 0 aromatic rings. The SMILES string of the molecule is CCNC(=NCCCCOCC)N1CCC2(CCC2)C1.I. The number of likely N-dealkylation sites (tertiary alicyclic amines) is 1. The minimum atomic E-state index is 0. The molecule has 1 aliphatic heterocycles. The predicted molar refractivity (Wildman–Crippen MR) is 99.6 cm³/mol. The van der Waals surface area contributed by atoms with Crippen LogP contribution in [0.15, 0.2) is 4.99 Å². The zero-order valence-corrected chi connectivity index (χ0v) is 16.0. The zero-order valence-electron chi connectivity index (χ0n) is 13.7. The van der Waals surface area contributed by atoms with E-state index in [0.717, 1.165) is 45.1 Å². The van der Waals surface area contributed by atoms with Crippen molar-refractivity contribution < 1.29 is 4.74 Å². The van der Waals surface area contributed by atoms with Gasteiger partial charge in [0.15, 0.2) is 5.96 Å². The van der Waals surface area contributed by atoms with Crippen molar-refractivity contribution >= 4 is 29.9 Å². The number of hydrogen-bond acceptors (Lipinski definition) is 2. The fourth-order valence-electron chi connectivity index (χ4n) is 3.27. The molecule has 4 nitrogen and oxygen atoms in total. The van der Waals surface area contributed by atoms with Crippen LogP contribution in [0.5, 0.6) is 0 Å². The third kappa shape index (κ3) is 5.58. The Labute approximate surface area is 147 Å². The Hall–Kier alpha value is -0.0400. The number of nitrogens with zero attached hydrogens (tertiary/aromatic N) is 2. The summed E-state index contributed by atoms with van der Waals surface area (Å²) in [5.74, 6) is 1.13. The van der Waals surface area contributed by atoms with Gasteiger partial charge in [0.05, 0.1) is 0 Å². The van der Waals surface area contributed by atoms with Gasteiger partial charge in [0.2, 0.25) is 0 Å². The number of nitrogens with one attached hydrogen (secondary N) is 1. The van der Waals surface area contributed by atoms with Gasteiger partial charge in [-0.3, -0.25) is 4.99 Å². The summed E-state index contributed by atoms with van der Waals surface area (Å²) in [4.78, 5) is 7.27. The van der Waals surface area contributed by atoms with Gasteiger partial charge in [0.1, 0.15) is 0 Å². The molecule has 0 aromatic carbocycles. The third-order valence-electron chi connectivity index (χ3n) is 4.65. The van der Waals surface area contributed by atoms with Gasteiger partial charge >= 0.3 is 0 Å². The molecule has 1 N–H and O–H groups in total. The van der Waals surface area contributed by atoms with E-state index >= 15 is 0 Å². The number of unbranched alkanes of at least 4 members (excludes halogenated alkanes) is 1. The van der Waals surface area contributed by atoms with Crippen molar-refractivity contribution in [2.75, 3.05) is 39.4 Å². The number of rotatable bonds is 7. The van der Waals surface area contributed by atoms with E-state index in [-0.39, 0.29) is 24.0 Å². The maximum atomic E-state index is 5.36. The van der Waals surface area contributed by atoms with Crippen LogP contribution >= 0.6 is 24.0 Å². The van der Waals surface area contributed by atoms with Crippen LogP contribution in [-0.4, -0.2) is 50.3 Å². The van der Waals surface area contributed by atoms with E-state index < -0.39 is 0 Å². The maximum Gasteiger partial charge on any atom is 0.193 e. The van der Waals surface area contributed by atoms with Crippen molar-refractivity contribution in [3.8, 4) is 0 Å². The minimum absolute atomic E-state index is 0. The number of ether oxygens (including phenoxy) is 1. The largest absolute Gasteiger partial charge is 0.382 e. The highest BCUT2D eigenvalue weighted by atomic mass is 127. The standard InChI is InChI=1S/C16H31N3O.HI/c1-3-17-15(18-11-5-6-13-20-4-2)19-12-10-16(14-19)8-7-9-16;/h3-14H2,1-2H3,(H,17,18);1H. The molecule has 5 heteroatoms. The normalized spacial score (nSPS) is 20.3. The average molecular weight is 409 g/mol. The molecule has 1 saturated heterocycles. The van der Waals surface area contributed by atoms with Gasteiger partial charge in [-0.2, -0.15) is 0 Å². The van der Waals surface area contributed by atoms with Crippen LogP contribution in [0.4, 0.5) is 0 Å². The number of aliphatic imine (C=N–C) groups is 1. The van der Waals surface area contributed by atoms with E-state index in [4.69, 9.17) is 9.73 Å². The fraction of sp³-hybridized carbons (Fsp3) is 0.938. The molecule has 1 saturated carbocycles. The lowest BCUT2D eigenvalue weighted by Gasteiger charge is -2.38. The van der Waals surface area contributed by atoms with E-state index in [1.54, 1.807) is 0 Å². The first-order valence-electron chi connectivity index (χ1n) is 8.41. The summed E-state index contributed by atoms with van der Waals surface area (Å²) in [5.41, 5.74) is 0.644. The van der Waals surface area contributed by atoms with E-state index in [2.05, 4.69) is 17.1 Å². The minimum Gasteiger partial charge on any atom is -0.382 e. The second-order valence-corrected chi connectivity index (χ2v) is 6.16. The number of hydrogen-bond donors (Lipinski definition) is 1. The third-order valence-corrected chi connectivity index (χ3v) is 4.65. The lowest BCUT2D eigenvalue weighted by Crippen LogP contribution is -2.42. The van der Waals surface area contributed by atoms with Crippen molar-refractivity contribution in [1.29, 1.82) is 0 Å². The summed E-state index contributed by atoms with van der Waals surface area (Å²) in [6, 6.07) is 0. The molecule has 0 bridgehead atoms. The van der Waals surface area contributed by atoms with E-state index in [9.17, 15) is 0 Å².